The molecule has 0 spiro atoms. The molecule has 0 atom stereocenters. The molecule has 0 fully saturated rings. The molecular weight excluding hydrogens is 241 g/mol. The van der Waals surface area contributed by atoms with Crippen molar-refractivity contribution in [3.8, 4) is 0 Å². The van der Waals surface area contributed by atoms with E-state index in [1.54, 1.807) is 12.3 Å². The van der Waals surface area contributed by atoms with Gasteiger partial charge in [0.05, 0.1) is 11.2 Å². The third-order valence-electron chi connectivity index (χ3n) is 3.14. The van der Waals surface area contributed by atoms with Gasteiger partial charge in [-0.3, -0.25) is 4.98 Å². The predicted octanol–water partition coefficient (Wildman–Crippen LogP) is 3.80. The average molecular weight is 261 g/mol. The number of hydrogen-bond donors (Lipinski definition) is 2. The summed E-state index contributed by atoms with van der Waals surface area (Å²) in [6.07, 6.45) is 3.78. The highest BCUT2D eigenvalue weighted by Crippen LogP contribution is 2.29. The molecule has 0 aliphatic carbocycles. The Morgan fingerprint density at radius 3 is 2.95 bits per heavy atom. The lowest BCUT2D eigenvalue weighted by atomic mass is 10.1. The molecule has 1 aromatic carbocycles. The van der Waals surface area contributed by atoms with Crippen LogP contribution in [0.25, 0.3) is 10.9 Å². The van der Waals surface area contributed by atoms with Gasteiger partial charge < -0.3 is 11.1 Å². The Morgan fingerprint density at radius 2 is 2.21 bits per heavy atom. The maximum atomic E-state index is 14.0. The van der Waals surface area contributed by atoms with Gasteiger partial charge in [0.25, 0.3) is 0 Å². The third kappa shape index (κ3) is 3.13. The Labute approximate surface area is 113 Å². The molecular formula is C15H20FN3. The Balaban J connectivity index is 2.22. The Kier molecular flexibility index (Phi) is 4.20. The first-order chi connectivity index (χ1) is 9.09. The van der Waals surface area contributed by atoms with E-state index in [0.29, 0.717) is 22.8 Å². The van der Waals surface area contributed by atoms with E-state index >= 15 is 0 Å². The van der Waals surface area contributed by atoms with Gasteiger partial charge in [0.1, 0.15) is 0 Å². The van der Waals surface area contributed by atoms with Gasteiger partial charge in [-0.1, -0.05) is 13.8 Å². The second-order valence-corrected chi connectivity index (χ2v) is 5.19. The van der Waals surface area contributed by atoms with Crippen LogP contribution in [0.15, 0.2) is 24.4 Å². The van der Waals surface area contributed by atoms with Crippen LogP contribution in [-0.4, -0.2) is 11.5 Å². The highest BCUT2D eigenvalue weighted by molar-refractivity contribution is 5.98. The van der Waals surface area contributed by atoms with E-state index in [-0.39, 0.29) is 5.82 Å². The van der Waals surface area contributed by atoms with Gasteiger partial charge in [-0.2, -0.15) is 0 Å². The second kappa shape index (κ2) is 5.87. The zero-order chi connectivity index (χ0) is 13.8. The van der Waals surface area contributed by atoms with E-state index in [0.717, 1.165) is 24.8 Å². The number of fused-ring (bicyclic) bond motifs is 1. The Bertz CT molecular complexity index is 567. The normalized spacial score (nSPS) is 11.2. The first-order valence-corrected chi connectivity index (χ1v) is 6.66. The molecule has 3 nitrogen and oxygen atoms in total. The van der Waals surface area contributed by atoms with E-state index in [1.807, 2.05) is 6.07 Å². The maximum absolute atomic E-state index is 14.0. The number of hydrogen-bond acceptors (Lipinski definition) is 3. The van der Waals surface area contributed by atoms with Crippen LogP contribution in [0.3, 0.4) is 0 Å². The molecule has 19 heavy (non-hydrogen) atoms. The Hall–Kier alpha value is -1.84. The lowest BCUT2D eigenvalue weighted by Crippen LogP contribution is -2.06. The quantitative estimate of drug-likeness (QED) is 0.635. The zero-order valence-electron chi connectivity index (χ0n) is 11.4. The molecule has 0 aliphatic rings. The fraction of sp³-hybridized carbons (Fsp3) is 0.400. The summed E-state index contributed by atoms with van der Waals surface area (Å²) in [5, 5.41) is 3.93. The molecule has 0 bridgehead atoms. The van der Waals surface area contributed by atoms with Crippen molar-refractivity contribution >= 4 is 22.3 Å². The number of rotatable bonds is 5. The summed E-state index contributed by atoms with van der Waals surface area (Å²) >= 11 is 0. The van der Waals surface area contributed by atoms with E-state index < -0.39 is 0 Å². The van der Waals surface area contributed by atoms with Crippen LogP contribution in [-0.2, 0) is 0 Å². The number of nitrogens with zero attached hydrogens (tertiary/aromatic N) is 1. The first kappa shape index (κ1) is 13.6. The summed E-state index contributed by atoms with van der Waals surface area (Å²) in [6.45, 7) is 5.10. The molecule has 3 N–H and O–H groups in total. The summed E-state index contributed by atoms with van der Waals surface area (Å²) < 4.78 is 14.0. The zero-order valence-corrected chi connectivity index (χ0v) is 11.4. The number of nitrogens with two attached hydrogens (primary N) is 1. The van der Waals surface area contributed by atoms with Gasteiger partial charge in [-0.25, -0.2) is 4.39 Å². The van der Waals surface area contributed by atoms with Gasteiger partial charge in [-0.15, -0.1) is 0 Å². The summed E-state index contributed by atoms with van der Waals surface area (Å²) in [6, 6.07) is 5.02. The molecule has 0 saturated carbocycles. The Morgan fingerprint density at radius 1 is 1.42 bits per heavy atom. The predicted molar refractivity (Wildman–Crippen MR) is 78.7 cm³/mol. The number of nitrogens with one attached hydrogen (secondary N) is 1. The molecule has 0 aliphatic heterocycles. The molecule has 1 aromatic heterocycles. The number of benzene rings is 1. The number of halogens is 1. The van der Waals surface area contributed by atoms with Crippen molar-refractivity contribution in [1.82, 2.24) is 4.98 Å². The van der Waals surface area contributed by atoms with Crippen molar-refractivity contribution < 1.29 is 4.39 Å². The van der Waals surface area contributed by atoms with E-state index in [9.17, 15) is 4.39 Å². The minimum Gasteiger partial charge on any atom is -0.398 e. The monoisotopic (exact) mass is 261 g/mol. The summed E-state index contributed by atoms with van der Waals surface area (Å²) in [4.78, 5) is 4.23. The second-order valence-electron chi connectivity index (χ2n) is 5.19. The molecule has 1 heterocycles. The SMILES string of the molecule is CC(C)CCCNc1c(F)cc(N)c2cccnc12. The van der Waals surface area contributed by atoms with Gasteiger partial charge in [0.2, 0.25) is 0 Å². The van der Waals surface area contributed by atoms with E-state index in [4.69, 9.17) is 5.73 Å². The van der Waals surface area contributed by atoms with Gasteiger partial charge in [-0.05, 0) is 37.0 Å². The van der Waals surface area contributed by atoms with Crippen molar-refractivity contribution in [2.45, 2.75) is 26.7 Å². The molecule has 0 amide bonds. The number of anilines is 2. The van der Waals surface area contributed by atoms with Crippen LogP contribution >= 0.6 is 0 Å². The summed E-state index contributed by atoms with van der Waals surface area (Å²) in [5.41, 5.74) is 7.29. The molecule has 2 rings (SSSR count). The van der Waals surface area contributed by atoms with Gasteiger partial charge in [0, 0.05) is 23.8 Å². The molecule has 0 saturated heterocycles. The van der Waals surface area contributed by atoms with Crippen LogP contribution in [0.1, 0.15) is 26.7 Å². The van der Waals surface area contributed by atoms with Crippen LogP contribution in [0, 0.1) is 11.7 Å². The largest absolute Gasteiger partial charge is 0.398 e. The molecule has 4 heteroatoms. The van der Waals surface area contributed by atoms with Crippen LogP contribution < -0.4 is 11.1 Å². The topological polar surface area (TPSA) is 50.9 Å². The highest BCUT2D eigenvalue weighted by atomic mass is 19.1. The van der Waals surface area contributed by atoms with E-state index in [2.05, 4.69) is 24.1 Å². The minimum atomic E-state index is -0.340. The lowest BCUT2D eigenvalue weighted by Gasteiger charge is -2.12. The minimum absolute atomic E-state index is 0.340. The molecule has 0 unspecified atom stereocenters. The van der Waals surface area contributed by atoms with Gasteiger partial charge >= 0.3 is 0 Å². The number of nitrogen functional groups attached to an aromatic ring is 1. The smallest absolute Gasteiger partial charge is 0.150 e. The first-order valence-electron chi connectivity index (χ1n) is 6.66. The van der Waals surface area contributed by atoms with Crippen molar-refractivity contribution in [3.05, 3.63) is 30.2 Å². The third-order valence-corrected chi connectivity index (χ3v) is 3.14. The van der Waals surface area contributed by atoms with E-state index in [1.165, 1.54) is 6.07 Å². The number of aromatic nitrogens is 1. The van der Waals surface area contributed by atoms with Crippen LogP contribution in [0.2, 0.25) is 0 Å². The number of pyridine rings is 1. The molecule has 0 radical (unpaired) electrons. The standard InChI is InChI=1S/C15H20FN3/c1-10(2)5-3-7-19-15-12(16)9-13(17)11-6-4-8-18-14(11)15/h4,6,8-10,19H,3,5,7,17H2,1-2H3. The van der Waals surface area contributed by atoms with Crippen molar-refractivity contribution in [1.29, 1.82) is 0 Å². The van der Waals surface area contributed by atoms with Crippen molar-refractivity contribution in [2.24, 2.45) is 5.92 Å². The maximum Gasteiger partial charge on any atom is 0.150 e. The summed E-state index contributed by atoms with van der Waals surface area (Å²) in [7, 11) is 0. The van der Waals surface area contributed by atoms with Crippen LogP contribution in [0.5, 0.6) is 0 Å². The summed E-state index contributed by atoms with van der Waals surface area (Å²) in [5.74, 6) is 0.321. The van der Waals surface area contributed by atoms with Gasteiger partial charge in [0.15, 0.2) is 5.82 Å². The molecule has 102 valence electrons. The average Bonchev–Trinajstić information content (AvgIpc) is 2.37. The lowest BCUT2D eigenvalue weighted by molar-refractivity contribution is 0.565. The fourth-order valence-corrected chi connectivity index (χ4v) is 2.13. The van der Waals surface area contributed by atoms with Crippen molar-refractivity contribution in [2.75, 3.05) is 17.6 Å². The fourth-order valence-electron chi connectivity index (χ4n) is 2.13. The van der Waals surface area contributed by atoms with Crippen molar-refractivity contribution in [3.63, 3.8) is 0 Å². The molecule has 2 aromatic rings. The highest BCUT2D eigenvalue weighted by Gasteiger charge is 2.11. The van der Waals surface area contributed by atoms with Crippen LogP contribution in [0.4, 0.5) is 15.8 Å².